The van der Waals surface area contributed by atoms with Crippen molar-refractivity contribution in [1.82, 2.24) is 0 Å². The molecule has 0 saturated heterocycles. The maximum atomic E-state index is 9.16. The first-order chi connectivity index (χ1) is 7.83. The molecule has 1 aromatic heterocycles. The van der Waals surface area contributed by atoms with Crippen LogP contribution in [0.15, 0.2) is 47.8 Å². The van der Waals surface area contributed by atoms with Crippen molar-refractivity contribution in [3.8, 4) is 6.07 Å². The molecule has 0 bridgehead atoms. The van der Waals surface area contributed by atoms with Gasteiger partial charge in [-0.2, -0.15) is 5.26 Å². The number of benzene rings is 1. The maximum absolute atomic E-state index is 9.16. The summed E-state index contributed by atoms with van der Waals surface area (Å²) in [5.74, 6) is 0. The van der Waals surface area contributed by atoms with Crippen molar-refractivity contribution in [3.63, 3.8) is 0 Å². The van der Waals surface area contributed by atoms with Gasteiger partial charge in [0.05, 0.1) is 10.6 Å². The minimum absolute atomic E-state index is 0.517. The van der Waals surface area contributed by atoms with Crippen molar-refractivity contribution in [1.29, 1.82) is 5.26 Å². The molecule has 2 aromatic rings. The van der Waals surface area contributed by atoms with Gasteiger partial charge in [0.1, 0.15) is 6.07 Å². The minimum atomic E-state index is 0.517. The predicted molar refractivity (Wildman–Crippen MR) is 69.0 cm³/mol. The molecular formula is C13H8ClNS. The molecular weight excluding hydrogens is 238 g/mol. The summed E-state index contributed by atoms with van der Waals surface area (Å²) in [5.41, 5.74) is 1.37. The average molecular weight is 246 g/mol. The normalized spacial score (nSPS) is 11.8. The highest BCUT2D eigenvalue weighted by atomic mass is 35.5. The largest absolute Gasteiger partial charge is 0.192 e. The Kier molecular flexibility index (Phi) is 3.40. The zero-order valence-electron chi connectivity index (χ0n) is 8.35. The first kappa shape index (κ1) is 10.9. The fourth-order valence-corrected chi connectivity index (χ4v) is 2.39. The Morgan fingerprint density at radius 2 is 1.88 bits per heavy atom. The third-order valence-electron chi connectivity index (χ3n) is 2.13. The molecule has 0 aliphatic heterocycles. The highest BCUT2D eigenvalue weighted by Gasteiger charge is 2.09. The van der Waals surface area contributed by atoms with Crippen LogP contribution in [0, 0.1) is 11.3 Å². The Bertz CT molecular complexity index is 535. The van der Waals surface area contributed by atoms with E-state index in [1.165, 1.54) is 11.3 Å². The van der Waals surface area contributed by atoms with E-state index in [4.69, 9.17) is 16.9 Å². The number of allylic oxidation sites excluding steroid dienone is 1. The van der Waals surface area contributed by atoms with Crippen molar-refractivity contribution in [2.24, 2.45) is 0 Å². The van der Waals surface area contributed by atoms with Gasteiger partial charge in [0, 0.05) is 4.88 Å². The molecule has 2 rings (SSSR count). The summed E-state index contributed by atoms with van der Waals surface area (Å²) in [6.45, 7) is 0. The minimum Gasteiger partial charge on any atom is -0.192 e. The Labute approximate surface area is 103 Å². The van der Waals surface area contributed by atoms with Crippen molar-refractivity contribution < 1.29 is 0 Å². The van der Waals surface area contributed by atoms with Crippen molar-refractivity contribution in [3.05, 3.63) is 58.3 Å². The van der Waals surface area contributed by atoms with E-state index < -0.39 is 0 Å². The molecule has 0 spiro atoms. The smallest absolute Gasteiger partial charge is 0.101 e. The van der Waals surface area contributed by atoms with Crippen molar-refractivity contribution >= 4 is 33.5 Å². The van der Waals surface area contributed by atoms with Gasteiger partial charge in [-0.05, 0) is 17.0 Å². The summed E-state index contributed by atoms with van der Waals surface area (Å²) in [6, 6.07) is 15.5. The lowest BCUT2D eigenvalue weighted by molar-refractivity contribution is 1.52. The molecule has 78 valence electrons. The van der Waals surface area contributed by atoms with E-state index in [-0.39, 0.29) is 0 Å². The Morgan fingerprint density at radius 1 is 1.12 bits per heavy atom. The van der Waals surface area contributed by atoms with Crippen LogP contribution in [-0.4, -0.2) is 0 Å². The quantitative estimate of drug-likeness (QED) is 0.721. The standard InChI is InChI=1S/C13H8ClNS/c14-13(12-7-4-8-16-12)11(9-15)10-5-2-1-3-6-10/h1-8H. The number of rotatable bonds is 2. The SMILES string of the molecule is N#CC(=C(Cl)c1cccs1)c1ccccc1. The van der Waals surface area contributed by atoms with Gasteiger partial charge in [0.15, 0.2) is 0 Å². The molecule has 1 heterocycles. The third-order valence-corrected chi connectivity index (χ3v) is 3.52. The van der Waals surface area contributed by atoms with Gasteiger partial charge >= 0.3 is 0 Å². The Balaban J connectivity index is 2.52. The number of hydrogen-bond donors (Lipinski definition) is 0. The van der Waals surface area contributed by atoms with Crippen LogP contribution >= 0.6 is 22.9 Å². The summed E-state index contributed by atoms with van der Waals surface area (Å²) in [7, 11) is 0. The predicted octanol–water partition coefficient (Wildman–Crippen LogP) is 4.38. The molecule has 0 aliphatic carbocycles. The van der Waals surface area contributed by atoms with Crippen LogP contribution < -0.4 is 0 Å². The average Bonchev–Trinajstić information content (AvgIpc) is 2.85. The van der Waals surface area contributed by atoms with Crippen molar-refractivity contribution in [2.75, 3.05) is 0 Å². The van der Waals surface area contributed by atoms with E-state index in [2.05, 4.69) is 6.07 Å². The van der Waals surface area contributed by atoms with Gasteiger partial charge in [-0.3, -0.25) is 0 Å². The fraction of sp³-hybridized carbons (Fsp3) is 0. The topological polar surface area (TPSA) is 23.8 Å². The molecule has 16 heavy (non-hydrogen) atoms. The van der Waals surface area contributed by atoms with Gasteiger partial charge in [-0.25, -0.2) is 0 Å². The molecule has 3 heteroatoms. The van der Waals surface area contributed by atoms with Crippen LogP contribution in [0.5, 0.6) is 0 Å². The van der Waals surface area contributed by atoms with Gasteiger partial charge in [-0.1, -0.05) is 48.0 Å². The zero-order valence-corrected chi connectivity index (χ0v) is 9.92. The molecule has 0 saturated carbocycles. The molecule has 0 unspecified atom stereocenters. The van der Waals surface area contributed by atoms with Crippen LogP contribution in [0.4, 0.5) is 0 Å². The first-order valence-electron chi connectivity index (χ1n) is 4.72. The Hall–Kier alpha value is -1.56. The second-order valence-corrected chi connectivity index (χ2v) is 4.47. The second kappa shape index (κ2) is 4.98. The lowest BCUT2D eigenvalue weighted by Crippen LogP contribution is -1.83. The summed E-state index contributed by atoms with van der Waals surface area (Å²) < 4.78 is 0. The highest BCUT2D eigenvalue weighted by molar-refractivity contribution is 7.12. The number of hydrogen-bond acceptors (Lipinski definition) is 2. The molecule has 0 aliphatic rings. The zero-order chi connectivity index (χ0) is 11.4. The number of nitrogens with zero attached hydrogens (tertiary/aromatic N) is 1. The lowest BCUT2D eigenvalue weighted by atomic mass is 10.1. The van der Waals surface area contributed by atoms with Gasteiger partial charge in [0.25, 0.3) is 0 Å². The van der Waals surface area contributed by atoms with Gasteiger partial charge < -0.3 is 0 Å². The van der Waals surface area contributed by atoms with Crippen LogP contribution in [0.25, 0.3) is 10.6 Å². The van der Waals surface area contributed by atoms with E-state index in [0.29, 0.717) is 10.6 Å². The van der Waals surface area contributed by atoms with Crippen LogP contribution in [-0.2, 0) is 0 Å². The molecule has 0 fully saturated rings. The van der Waals surface area contributed by atoms with E-state index in [9.17, 15) is 0 Å². The van der Waals surface area contributed by atoms with E-state index in [0.717, 1.165) is 10.4 Å². The van der Waals surface area contributed by atoms with Crippen LogP contribution in [0.3, 0.4) is 0 Å². The molecule has 0 radical (unpaired) electrons. The molecule has 0 amide bonds. The first-order valence-corrected chi connectivity index (χ1v) is 5.98. The summed E-state index contributed by atoms with van der Waals surface area (Å²) >= 11 is 7.74. The lowest BCUT2D eigenvalue weighted by Gasteiger charge is -2.01. The van der Waals surface area contributed by atoms with E-state index in [1.807, 2.05) is 47.8 Å². The number of nitriles is 1. The summed E-state index contributed by atoms with van der Waals surface area (Å²) in [6.07, 6.45) is 0. The molecule has 0 N–H and O–H groups in total. The molecule has 0 atom stereocenters. The summed E-state index contributed by atoms with van der Waals surface area (Å²) in [5, 5.41) is 11.6. The summed E-state index contributed by atoms with van der Waals surface area (Å²) in [4.78, 5) is 0.919. The third kappa shape index (κ3) is 2.16. The number of thiophene rings is 1. The van der Waals surface area contributed by atoms with Crippen LogP contribution in [0.1, 0.15) is 10.4 Å². The van der Waals surface area contributed by atoms with E-state index >= 15 is 0 Å². The second-order valence-electron chi connectivity index (χ2n) is 3.14. The maximum Gasteiger partial charge on any atom is 0.101 e. The Morgan fingerprint density at radius 3 is 2.44 bits per heavy atom. The highest BCUT2D eigenvalue weighted by Crippen LogP contribution is 2.31. The van der Waals surface area contributed by atoms with E-state index in [1.54, 1.807) is 0 Å². The van der Waals surface area contributed by atoms with Crippen molar-refractivity contribution in [2.45, 2.75) is 0 Å². The van der Waals surface area contributed by atoms with Gasteiger partial charge in [-0.15, -0.1) is 11.3 Å². The van der Waals surface area contributed by atoms with Gasteiger partial charge in [0.2, 0.25) is 0 Å². The number of halogens is 1. The van der Waals surface area contributed by atoms with Crippen LogP contribution in [0.2, 0.25) is 0 Å². The molecule has 1 nitrogen and oxygen atoms in total. The monoisotopic (exact) mass is 245 g/mol. The fourth-order valence-electron chi connectivity index (χ4n) is 1.37. The molecule has 1 aromatic carbocycles.